The van der Waals surface area contributed by atoms with Gasteiger partial charge in [0.25, 0.3) is 5.35 Å². The average molecular weight is 262 g/mol. The molecule has 17 heavy (non-hydrogen) atoms. The highest BCUT2D eigenvalue weighted by Gasteiger charge is 2.33. The fraction of sp³-hybridized carbons (Fsp3) is 0.600. The number of nitrogens with zero attached hydrogens (tertiary/aromatic N) is 1. The van der Waals surface area contributed by atoms with E-state index in [1.807, 2.05) is 0 Å². The topological polar surface area (TPSA) is 70.8 Å². The van der Waals surface area contributed by atoms with Gasteiger partial charge in [0, 0.05) is 0 Å². The van der Waals surface area contributed by atoms with Crippen LogP contribution in [-0.4, -0.2) is 36.1 Å². The predicted octanol–water partition coefficient (Wildman–Crippen LogP) is 1.64. The summed E-state index contributed by atoms with van der Waals surface area (Å²) in [4.78, 5) is 15.1. The third-order valence-corrected chi connectivity index (χ3v) is 2.33. The summed E-state index contributed by atoms with van der Waals surface area (Å²) in [5, 5.41) is -0.0986. The van der Waals surface area contributed by atoms with Gasteiger partial charge in [-0.15, -0.1) is 0 Å². The molecule has 1 saturated heterocycles. The first-order valence-electron chi connectivity index (χ1n) is 5.06. The van der Waals surface area contributed by atoms with E-state index in [2.05, 4.69) is 9.40 Å². The SMILES string of the molecule is CC1(C)OCC(COC(=O)c2coc(Cl)n2)O1. The van der Waals surface area contributed by atoms with Crippen LogP contribution in [0.15, 0.2) is 10.7 Å². The van der Waals surface area contributed by atoms with E-state index >= 15 is 0 Å². The van der Waals surface area contributed by atoms with Crippen molar-refractivity contribution in [2.45, 2.75) is 25.7 Å². The maximum atomic E-state index is 11.5. The molecule has 0 aromatic carbocycles. The van der Waals surface area contributed by atoms with Crippen molar-refractivity contribution < 1.29 is 23.4 Å². The zero-order valence-corrected chi connectivity index (χ0v) is 10.2. The smallest absolute Gasteiger partial charge is 0.360 e. The number of aromatic nitrogens is 1. The van der Waals surface area contributed by atoms with Crippen molar-refractivity contribution >= 4 is 17.6 Å². The largest absolute Gasteiger partial charge is 0.458 e. The summed E-state index contributed by atoms with van der Waals surface area (Å²) in [6.45, 7) is 4.09. The second-order valence-corrected chi connectivity index (χ2v) is 4.36. The molecular formula is C10H12ClNO5. The Morgan fingerprint density at radius 3 is 3.00 bits per heavy atom. The number of ether oxygens (including phenoxy) is 3. The minimum atomic E-state index is -0.631. The number of halogens is 1. The lowest BCUT2D eigenvalue weighted by Gasteiger charge is -2.16. The van der Waals surface area contributed by atoms with Crippen molar-refractivity contribution in [3.8, 4) is 0 Å². The lowest BCUT2D eigenvalue weighted by Crippen LogP contribution is -2.25. The fourth-order valence-electron chi connectivity index (χ4n) is 1.43. The van der Waals surface area contributed by atoms with E-state index in [9.17, 15) is 4.79 Å². The highest BCUT2D eigenvalue weighted by atomic mass is 35.5. The van der Waals surface area contributed by atoms with Crippen molar-refractivity contribution in [1.82, 2.24) is 4.98 Å². The van der Waals surface area contributed by atoms with Crippen molar-refractivity contribution in [2.75, 3.05) is 13.2 Å². The quantitative estimate of drug-likeness (QED) is 0.770. The molecule has 0 aliphatic carbocycles. The van der Waals surface area contributed by atoms with Crippen LogP contribution in [0.1, 0.15) is 24.3 Å². The summed E-state index contributed by atoms with van der Waals surface area (Å²) in [7, 11) is 0. The van der Waals surface area contributed by atoms with Crippen molar-refractivity contribution in [3.05, 3.63) is 17.3 Å². The van der Waals surface area contributed by atoms with Crippen LogP contribution >= 0.6 is 11.6 Å². The first-order chi connectivity index (χ1) is 7.96. The molecule has 0 amide bonds. The molecule has 6 nitrogen and oxygen atoms in total. The van der Waals surface area contributed by atoms with Gasteiger partial charge in [0.2, 0.25) is 0 Å². The lowest BCUT2D eigenvalue weighted by molar-refractivity contribution is -0.142. The Morgan fingerprint density at radius 1 is 1.71 bits per heavy atom. The van der Waals surface area contributed by atoms with Crippen LogP contribution in [0.5, 0.6) is 0 Å². The molecule has 0 bridgehead atoms. The Morgan fingerprint density at radius 2 is 2.47 bits per heavy atom. The van der Waals surface area contributed by atoms with E-state index in [0.29, 0.717) is 6.61 Å². The average Bonchev–Trinajstić information content (AvgIpc) is 2.81. The molecule has 1 aromatic rings. The van der Waals surface area contributed by atoms with Crippen molar-refractivity contribution in [2.24, 2.45) is 0 Å². The van der Waals surface area contributed by atoms with Gasteiger partial charge < -0.3 is 18.6 Å². The highest BCUT2D eigenvalue weighted by Crippen LogP contribution is 2.22. The monoisotopic (exact) mass is 261 g/mol. The second kappa shape index (κ2) is 4.64. The molecular weight excluding hydrogens is 250 g/mol. The van der Waals surface area contributed by atoms with Crippen LogP contribution in [0.2, 0.25) is 5.35 Å². The van der Waals surface area contributed by atoms with Gasteiger partial charge in [-0.2, -0.15) is 4.98 Å². The van der Waals surface area contributed by atoms with Crippen LogP contribution in [0, 0.1) is 0 Å². The minimum absolute atomic E-state index is 0.0353. The van der Waals surface area contributed by atoms with Crippen molar-refractivity contribution in [1.29, 1.82) is 0 Å². The highest BCUT2D eigenvalue weighted by molar-refractivity contribution is 6.27. The van der Waals surface area contributed by atoms with Gasteiger partial charge in [0.1, 0.15) is 19.0 Å². The van der Waals surface area contributed by atoms with Gasteiger partial charge in [0.05, 0.1) is 6.61 Å². The Balaban J connectivity index is 1.81. The molecule has 1 atom stereocenters. The maximum absolute atomic E-state index is 11.5. The molecule has 2 heterocycles. The predicted molar refractivity (Wildman–Crippen MR) is 56.7 cm³/mol. The second-order valence-electron chi connectivity index (χ2n) is 4.03. The zero-order chi connectivity index (χ0) is 12.5. The molecule has 1 aliphatic heterocycles. The van der Waals surface area contributed by atoms with Gasteiger partial charge in [-0.1, -0.05) is 0 Å². The van der Waals surface area contributed by atoms with Crippen LogP contribution in [0.3, 0.4) is 0 Å². The molecule has 0 saturated carbocycles. The molecule has 0 spiro atoms. The summed E-state index contributed by atoms with van der Waals surface area (Å²) in [6, 6.07) is 0. The van der Waals surface area contributed by atoms with Crippen LogP contribution in [0.4, 0.5) is 0 Å². The normalized spacial score (nSPS) is 22.6. The van der Waals surface area contributed by atoms with Gasteiger partial charge in [0.15, 0.2) is 11.5 Å². The molecule has 7 heteroatoms. The molecule has 0 radical (unpaired) electrons. The van der Waals surface area contributed by atoms with E-state index in [-0.39, 0.29) is 23.8 Å². The summed E-state index contributed by atoms with van der Waals surface area (Å²) in [5.74, 6) is -1.23. The van der Waals surface area contributed by atoms with Crippen LogP contribution in [0.25, 0.3) is 0 Å². The van der Waals surface area contributed by atoms with Crippen molar-refractivity contribution in [3.63, 3.8) is 0 Å². The maximum Gasteiger partial charge on any atom is 0.360 e. The number of rotatable bonds is 3. The lowest BCUT2D eigenvalue weighted by atomic mass is 10.4. The van der Waals surface area contributed by atoms with Gasteiger partial charge >= 0.3 is 5.97 Å². The number of hydrogen-bond donors (Lipinski definition) is 0. The standard InChI is InChI=1S/C10H12ClNO5/c1-10(2)16-4-6(17-10)3-14-8(13)7-5-15-9(11)12-7/h5-6H,3-4H2,1-2H3. The number of carbonyl (C=O) groups is 1. The van der Waals surface area contributed by atoms with Gasteiger partial charge in [-0.05, 0) is 25.4 Å². The molecule has 94 valence electrons. The third-order valence-electron chi connectivity index (χ3n) is 2.15. The van der Waals surface area contributed by atoms with Gasteiger partial charge in [-0.25, -0.2) is 4.79 Å². The molecule has 1 aromatic heterocycles. The first-order valence-corrected chi connectivity index (χ1v) is 5.44. The van der Waals surface area contributed by atoms with Gasteiger partial charge in [-0.3, -0.25) is 0 Å². The fourth-order valence-corrected chi connectivity index (χ4v) is 1.57. The molecule has 1 fully saturated rings. The van der Waals surface area contributed by atoms with E-state index in [0.717, 1.165) is 6.26 Å². The summed E-state index contributed by atoms with van der Waals surface area (Å²) in [6.07, 6.45) is 0.872. The minimum Gasteiger partial charge on any atom is -0.458 e. The zero-order valence-electron chi connectivity index (χ0n) is 9.44. The number of hydrogen-bond acceptors (Lipinski definition) is 6. The van der Waals surface area contributed by atoms with E-state index in [1.54, 1.807) is 13.8 Å². The number of oxazole rings is 1. The summed E-state index contributed by atoms with van der Waals surface area (Å²) < 4.78 is 20.5. The Bertz CT molecular complexity index is 417. The van der Waals surface area contributed by atoms with E-state index in [4.69, 9.17) is 25.8 Å². The Hall–Kier alpha value is -1.11. The number of esters is 1. The summed E-state index contributed by atoms with van der Waals surface area (Å²) in [5.41, 5.74) is 0.0353. The van der Waals surface area contributed by atoms with Crippen LogP contribution in [-0.2, 0) is 14.2 Å². The molecule has 1 unspecified atom stereocenters. The van der Waals surface area contributed by atoms with Crippen LogP contribution < -0.4 is 0 Å². The Labute approximate surface area is 103 Å². The van der Waals surface area contributed by atoms with E-state index in [1.165, 1.54) is 0 Å². The number of carbonyl (C=O) groups excluding carboxylic acids is 1. The Kier molecular flexibility index (Phi) is 3.37. The summed E-state index contributed by atoms with van der Waals surface area (Å²) >= 11 is 5.44. The molecule has 2 rings (SSSR count). The third kappa shape index (κ3) is 3.18. The molecule has 0 N–H and O–H groups in total. The van der Waals surface area contributed by atoms with E-state index < -0.39 is 11.8 Å². The molecule has 1 aliphatic rings. The first kappa shape index (κ1) is 12.3.